The third-order valence-corrected chi connectivity index (χ3v) is 6.64. The minimum atomic E-state index is -0.208. The fraction of sp³-hybridized carbons (Fsp3) is 0.524. The van der Waals surface area contributed by atoms with Gasteiger partial charge in [-0.2, -0.15) is 0 Å². The van der Waals surface area contributed by atoms with Crippen molar-refractivity contribution in [1.29, 1.82) is 0 Å². The van der Waals surface area contributed by atoms with Gasteiger partial charge in [-0.3, -0.25) is 4.79 Å². The van der Waals surface area contributed by atoms with Gasteiger partial charge in [-0.1, -0.05) is 18.2 Å². The maximum absolute atomic E-state index is 13.6. The van der Waals surface area contributed by atoms with Crippen LogP contribution in [0.4, 0.5) is 0 Å². The fourth-order valence-corrected chi connectivity index (χ4v) is 4.84. The second-order valence-electron chi connectivity index (χ2n) is 8.15. The Kier molecular flexibility index (Phi) is 3.97. The van der Waals surface area contributed by atoms with Crippen LogP contribution in [0.2, 0.25) is 0 Å². The van der Waals surface area contributed by atoms with Gasteiger partial charge >= 0.3 is 0 Å². The summed E-state index contributed by atoms with van der Waals surface area (Å²) < 4.78 is 7.81. The second-order valence-corrected chi connectivity index (χ2v) is 8.15. The van der Waals surface area contributed by atoms with E-state index in [4.69, 9.17) is 4.74 Å². The molecule has 1 amide bonds. The number of para-hydroxylation sites is 1. The van der Waals surface area contributed by atoms with Crippen molar-refractivity contribution in [2.75, 3.05) is 19.7 Å². The van der Waals surface area contributed by atoms with E-state index >= 15 is 0 Å². The number of amides is 1. The Labute approximate surface area is 159 Å². The molecule has 2 aromatic rings. The smallest absolute Gasteiger partial charge is 0.234 e. The highest BCUT2D eigenvalue weighted by Crippen LogP contribution is 2.56. The number of carbonyl (C=O) groups is 1. The lowest BCUT2D eigenvalue weighted by molar-refractivity contribution is -0.135. The minimum absolute atomic E-state index is 0.184. The van der Waals surface area contributed by atoms with Gasteiger partial charge in [0.1, 0.15) is 24.1 Å². The van der Waals surface area contributed by atoms with Crippen LogP contribution in [-0.2, 0) is 18.4 Å². The SMILES string of the molecule is Cn1ccnc1CN(C(=O)[C@H]1COc2ccccc21)[C@@H]1CC12CCNCC2. The number of aromatic nitrogens is 2. The molecule has 2 atom stereocenters. The zero-order valence-corrected chi connectivity index (χ0v) is 15.7. The largest absolute Gasteiger partial charge is 0.492 e. The number of piperidine rings is 1. The highest BCUT2D eigenvalue weighted by atomic mass is 16.5. The number of fused-ring (bicyclic) bond motifs is 1. The van der Waals surface area contributed by atoms with E-state index in [9.17, 15) is 4.79 Å². The first kappa shape index (κ1) is 16.8. The molecule has 0 radical (unpaired) electrons. The number of carbonyl (C=O) groups excluding carboxylic acids is 1. The lowest BCUT2D eigenvalue weighted by atomic mass is 9.93. The summed E-state index contributed by atoms with van der Waals surface area (Å²) in [5.74, 6) is 1.76. The fourth-order valence-electron chi connectivity index (χ4n) is 4.84. The Bertz CT molecular complexity index is 855. The number of hydrogen-bond donors (Lipinski definition) is 1. The van der Waals surface area contributed by atoms with Crippen molar-refractivity contribution in [2.24, 2.45) is 12.5 Å². The van der Waals surface area contributed by atoms with Crippen molar-refractivity contribution in [3.05, 3.63) is 48.0 Å². The maximum Gasteiger partial charge on any atom is 0.234 e. The summed E-state index contributed by atoms with van der Waals surface area (Å²) in [4.78, 5) is 20.2. The standard InChI is InChI=1S/C21H26N4O2/c1-24-11-10-23-19(24)13-25(18-12-21(18)6-8-22-9-7-21)20(26)16-14-27-17-5-3-2-4-15(16)17/h2-5,10-11,16,18,22H,6-9,12-14H2,1H3/t16-,18+/m0/s1. The molecule has 0 bridgehead atoms. The Balaban J connectivity index is 1.43. The van der Waals surface area contributed by atoms with Crippen LogP contribution < -0.4 is 10.1 Å². The molecule has 1 aliphatic carbocycles. The number of benzene rings is 1. The Morgan fingerprint density at radius 2 is 2.19 bits per heavy atom. The topological polar surface area (TPSA) is 59.4 Å². The predicted octanol–water partition coefficient (Wildman–Crippen LogP) is 2.07. The summed E-state index contributed by atoms with van der Waals surface area (Å²) in [6.45, 7) is 3.12. The van der Waals surface area contributed by atoms with E-state index in [1.54, 1.807) is 6.20 Å². The molecule has 2 aliphatic heterocycles. The van der Waals surface area contributed by atoms with Crippen LogP contribution in [0.25, 0.3) is 0 Å². The van der Waals surface area contributed by atoms with E-state index < -0.39 is 0 Å². The number of nitrogens with zero attached hydrogens (tertiary/aromatic N) is 3. The molecule has 1 saturated carbocycles. The second kappa shape index (κ2) is 6.37. The highest BCUT2D eigenvalue weighted by molar-refractivity contribution is 5.86. The lowest BCUT2D eigenvalue weighted by Crippen LogP contribution is -2.42. The first-order valence-electron chi connectivity index (χ1n) is 9.87. The van der Waals surface area contributed by atoms with E-state index in [2.05, 4.69) is 15.2 Å². The summed E-state index contributed by atoms with van der Waals surface area (Å²) in [6, 6.07) is 8.25. The molecular weight excluding hydrogens is 340 g/mol. The molecule has 3 heterocycles. The molecule has 3 aliphatic rings. The molecule has 6 heteroatoms. The average Bonchev–Trinajstić information content (AvgIpc) is 3.04. The molecule has 5 rings (SSSR count). The van der Waals surface area contributed by atoms with Gasteiger partial charge in [-0.15, -0.1) is 0 Å². The maximum atomic E-state index is 13.6. The molecule has 1 spiro atoms. The monoisotopic (exact) mass is 366 g/mol. The number of imidazole rings is 1. The molecule has 142 valence electrons. The molecule has 1 N–H and O–H groups in total. The van der Waals surface area contributed by atoms with Crippen molar-refractivity contribution in [2.45, 2.75) is 37.8 Å². The van der Waals surface area contributed by atoms with Crippen molar-refractivity contribution in [1.82, 2.24) is 19.8 Å². The van der Waals surface area contributed by atoms with E-state index in [1.807, 2.05) is 42.1 Å². The molecule has 1 saturated heterocycles. The lowest BCUT2D eigenvalue weighted by Gasteiger charge is -2.31. The van der Waals surface area contributed by atoms with Gasteiger partial charge < -0.3 is 19.5 Å². The van der Waals surface area contributed by atoms with E-state index in [0.717, 1.165) is 49.5 Å². The average molecular weight is 366 g/mol. The molecule has 0 unspecified atom stereocenters. The number of rotatable bonds is 4. The number of ether oxygens (including phenoxy) is 1. The van der Waals surface area contributed by atoms with Gasteiger partial charge in [0.2, 0.25) is 5.91 Å². The van der Waals surface area contributed by atoms with Gasteiger partial charge in [-0.25, -0.2) is 4.98 Å². The molecular formula is C21H26N4O2. The van der Waals surface area contributed by atoms with Gasteiger partial charge in [0.15, 0.2) is 0 Å². The van der Waals surface area contributed by atoms with Gasteiger partial charge in [0, 0.05) is 31.0 Å². The zero-order chi connectivity index (χ0) is 18.4. The number of aryl methyl sites for hydroxylation is 1. The van der Waals surface area contributed by atoms with Crippen molar-refractivity contribution in [3.63, 3.8) is 0 Å². The molecule has 1 aromatic heterocycles. The van der Waals surface area contributed by atoms with E-state index in [0.29, 0.717) is 24.6 Å². The van der Waals surface area contributed by atoms with Crippen LogP contribution in [0.5, 0.6) is 5.75 Å². The van der Waals surface area contributed by atoms with Crippen LogP contribution >= 0.6 is 0 Å². The highest BCUT2D eigenvalue weighted by Gasteiger charge is 2.58. The van der Waals surface area contributed by atoms with Crippen molar-refractivity contribution >= 4 is 5.91 Å². The quantitative estimate of drug-likeness (QED) is 0.900. The van der Waals surface area contributed by atoms with Crippen LogP contribution in [0.3, 0.4) is 0 Å². The summed E-state index contributed by atoms with van der Waals surface area (Å²) in [5.41, 5.74) is 1.32. The summed E-state index contributed by atoms with van der Waals surface area (Å²) in [7, 11) is 1.99. The summed E-state index contributed by atoms with van der Waals surface area (Å²) in [5, 5.41) is 3.45. The summed E-state index contributed by atoms with van der Waals surface area (Å²) in [6.07, 6.45) is 7.16. The minimum Gasteiger partial charge on any atom is -0.492 e. The van der Waals surface area contributed by atoms with Crippen molar-refractivity contribution in [3.8, 4) is 5.75 Å². The molecule has 1 aromatic carbocycles. The third kappa shape index (κ3) is 2.83. The first-order chi connectivity index (χ1) is 13.2. The van der Waals surface area contributed by atoms with Gasteiger partial charge in [0.25, 0.3) is 0 Å². The Morgan fingerprint density at radius 3 is 2.96 bits per heavy atom. The molecule has 27 heavy (non-hydrogen) atoms. The van der Waals surface area contributed by atoms with E-state index in [-0.39, 0.29) is 11.8 Å². The zero-order valence-electron chi connectivity index (χ0n) is 15.7. The van der Waals surface area contributed by atoms with Crippen LogP contribution in [0.1, 0.15) is 36.6 Å². The molecule has 2 fully saturated rings. The van der Waals surface area contributed by atoms with Crippen molar-refractivity contribution < 1.29 is 9.53 Å². The third-order valence-electron chi connectivity index (χ3n) is 6.64. The van der Waals surface area contributed by atoms with Gasteiger partial charge in [0.05, 0.1) is 6.54 Å². The van der Waals surface area contributed by atoms with Gasteiger partial charge in [-0.05, 0) is 43.8 Å². The number of hydrogen-bond acceptors (Lipinski definition) is 4. The van der Waals surface area contributed by atoms with E-state index in [1.165, 1.54) is 0 Å². The Hall–Kier alpha value is -2.34. The normalized spacial score (nSPS) is 25.1. The molecule has 6 nitrogen and oxygen atoms in total. The van der Waals surface area contributed by atoms with Crippen LogP contribution in [-0.4, -0.2) is 46.1 Å². The predicted molar refractivity (Wildman–Crippen MR) is 101 cm³/mol. The van der Waals surface area contributed by atoms with Crippen LogP contribution in [0.15, 0.2) is 36.7 Å². The van der Waals surface area contributed by atoms with Crippen LogP contribution in [0, 0.1) is 5.41 Å². The Morgan fingerprint density at radius 1 is 1.37 bits per heavy atom. The summed E-state index contributed by atoms with van der Waals surface area (Å²) >= 11 is 0. The first-order valence-corrected chi connectivity index (χ1v) is 9.87. The number of nitrogens with one attached hydrogen (secondary N) is 1.